The topological polar surface area (TPSA) is 25.8 Å². The first-order valence-corrected chi connectivity index (χ1v) is 5.28. The van der Waals surface area contributed by atoms with Gasteiger partial charge in [-0.3, -0.25) is 0 Å². The third kappa shape index (κ3) is 2.40. The molecule has 0 radical (unpaired) electrons. The first-order valence-electron chi connectivity index (χ1n) is 4.03. The average molecular weight is 223 g/mol. The van der Waals surface area contributed by atoms with Gasteiger partial charge in [-0.05, 0) is 24.3 Å². The Morgan fingerprint density at radius 1 is 1.36 bits per heavy atom. The van der Waals surface area contributed by atoms with Crippen LogP contribution in [0.4, 0.5) is 0 Å². The van der Waals surface area contributed by atoms with Crippen molar-refractivity contribution in [1.82, 2.24) is 9.97 Å². The van der Waals surface area contributed by atoms with Gasteiger partial charge in [0.05, 0.1) is 10.7 Å². The number of rotatable bonds is 2. The van der Waals surface area contributed by atoms with Crippen LogP contribution in [0.5, 0.6) is 0 Å². The molecule has 0 N–H and O–H groups in total. The number of hydrogen-bond donors (Lipinski definition) is 0. The van der Waals surface area contributed by atoms with Crippen LogP contribution >= 0.6 is 22.9 Å². The smallest absolute Gasteiger partial charge is 0.115 e. The molecule has 0 amide bonds. The van der Waals surface area contributed by atoms with Gasteiger partial charge in [-0.25, -0.2) is 9.97 Å². The molecule has 0 saturated carbocycles. The van der Waals surface area contributed by atoms with E-state index < -0.39 is 0 Å². The van der Waals surface area contributed by atoms with Crippen molar-refractivity contribution < 1.29 is 0 Å². The summed E-state index contributed by atoms with van der Waals surface area (Å²) in [6.45, 7) is 0. The molecule has 2 nitrogen and oxygen atoms in total. The minimum absolute atomic E-state index is 0.775. The fourth-order valence-electron chi connectivity index (χ4n) is 0.983. The molecule has 2 aromatic rings. The van der Waals surface area contributed by atoms with Gasteiger partial charge in [0.1, 0.15) is 6.33 Å². The zero-order valence-electron chi connectivity index (χ0n) is 7.22. The van der Waals surface area contributed by atoms with E-state index in [1.165, 1.54) is 6.33 Å². The summed E-state index contributed by atoms with van der Waals surface area (Å²) in [6, 6.07) is 3.77. The molecule has 0 saturated heterocycles. The number of halogens is 1. The fourth-order valence-corrected chi connectivity index (χ4v) is 1.96. The van der Waals surface area contributed by atoms with Crippen molar-refractivity contribution in [2.75, 3.05) is 0 Å². The van der Waals surface area contributed by atoms with E-state index in [0.29, 0.717) is 0 Å². The molecular formula is C10H7ClN2S. The van der Waals surface area contributed by atoms with Gasteiger partial charge >= 0.3 is 0 Å². The lowest BCUT2D eigenvalue weighted by molar-refractivity contribution is 1.15. The quantitative estimate of drug-likeness (QED) is 0.779. The molecule has 4 heteroatoms. The van der Waals surface area contributed by atoms with Crippen molar-refractivity contribution in [2.24, 2.45) is 0 Å². The Morgan fingerprint density at radius 2 is 2.29 bits per heavy atom. The van der Waals surface area contributed by atoms with E-state index in [0.717, 1.165) is 15.6 Å². The van der Waals surface area contributed by atoms with Crippen molar-refractivity contribution in [2.45, 2.75) is 0 Å². The molecule has 0 aliphatic rings. The van der Waals surface area contributed by atoms with Gasteiger partial charge in [0.2, 0.25) is 0 Å². The number of aromatic nitrogens is 2. The average Bonchev–Trinajstić information content (AvgIpc) is 2.63. The van der Waals surface area contributed by atoms with Crippen LogP contribution in [0.25, 0.3) is 12.2 Å². The summed E-state index contributed by atoms with van der Waals surface area (Å²) in [5, 5.41) is 2.68. The molecule has 0 bridgehead atoms. The molecule has 0 unspecified atom stereocenters. The second-order valence-corrected chi connectivity index (χ2v) is 4.01. The van der Waals surface area contributed by atoms with E-state index in [1.54, 1.807) is 17.5 Å². The number of thiophene rings is 1. The summed E-state index contributed by atoms with van der Waals surface area (Å²) in [5.74, 6) is 0. The normalized spacial score (nSPS) is 10.9. The predicted molar refractivity (Wildman–Crippen MR) is 60.3 cm³/mol. The second-order valence-electron chi connectivity index (χ2n) is 2.63. The monoisotopic (exact) mass is 222 g/mol. The standard InChI is InChI=1S/C10H7ClN2S/c11-8-5-10(14-6-8)2-1-9-3-4-12-7-13-9/h1-7H/b2-1+. The molecule has 14 heavy (non-hydrogen) atoms. The Hall–Kier alpha value is -1.19. The van der Waals surface area contributed by atoms with Gasteiger partial charge in [0.15, 0.2) is 0 Å². The summed E-state index contributed by atoms with van der Waals surface area (Å²) in [6.07, 6.45) is 7.16. The van der Waals surface area contributed by atoms with Crippen LogP contribution in [0.2, 0.25) is 5.02 Å². The first-order chi connectivity index (χ1) is 6.84. The Bertz CT molecular complexity index is 436. The lowest BCUT2D eigenvalue weighted by Gasteiger charge is -1.88. The summed E-state index contributed by atoms with van der Waals surface area (Å²) in [5.41, 5.74) is 0.893. The van der Waals surface area contributed by atoms with Crippen molar-refractivity contribution in [3.63, 3.8) is 0 Å². The molecule has 0 atom stereocenters. The summed E-state index contributed by atoms with van der Waals surface area (Å²) in [4.78, 5) is 9.03. The zero-order valence-corrected chi connectivity index (χ0v) is 8.79. The van der Waals surface area contributed by atoms with Crippen molar-refractivity contribution in [1.29, 1.82) is 0 Å². The first kappa shape index (κ1) is 9.37. The molecule has 0 spiro atoms. The number of nitrogens with zero attached hydrogens (tertiary/aromatic N) is 2. The van der Waals surface area contributed by atoms with Gasteiger partial charge in [-0.15, -0.1) is 11.3 Å². The van der Waals surface area contributed by atoms with Crippen LogP contribution in [-0.4, -0.2) is 9.97 Å². The van der Waals surface area contributed by atoms with Crippen molar-refractivity contribution in [3.05, 3.63) is 45.6 Å². The van der Waals surface area contributed by atoms with Crippen molar-refractivity contribution in [3.8, 4) is 0 Å². The molecule has 70 valence electrons. The fraction of sp³-hybridized carbons (Fsp3) is 0. The van der Waals surface area contributed by atoms with Crippen LogP contribution in [0.15, 0.2) is 30.0 Å². The molecular weight excluding hydrogens is 216 g/mol. The van der Waals surface area contributed by atoms with Crippen LogP contribution in [0, 0.1) is 0 Å². The van der Waals surface area contributed by atoms with E-state index in [4.69, 9.17) is 11.6 Å². The molecule has 0 aliphatic carbocycles. The summed E-state index contributed by atoms with van der Waals surface area (Å²) < 4.78 is 0. The van der Waals surface area contributed by atoms with E-state index in [-0.39, 0.29) is 0 Å². The summed E-state index contributed by atoms with van der Waals surface area (Å²) in [7, 11) is 0. The van der Waals surface area contributed by atoms with Gasteiger partial charge in [0.25, 0.3) is 0 Å². The SMILES string of the molecule is Clc1csc(/C=C/c2ccncn2)c1. The lowest BCUT2D eigenvalue weighted by atomic mass is 10.3. The molecule has 2 aromatic heterocycles. The zero-order chi connectivity index (χ0) is 9.80. The Balaban J connectivity index is 2.15. The second kappa shape index (κ2) is 4.35. The Morgan fingerprint density at radius 3 is 2.93 bits per heavy atom. The maximum absolute atomic E-state index is 5.79. The highest BCUT2D eigenvalue weighted by Gasteiger charge is 1.92. The largest absolute Gasteiger partial charge is 0.245 e. The van der Waals surface area contributed by atoms with E-state index in [2.05, 4.69) is 9.97 Å². The Kier molecular flexibility index (Phi) is 2.91. The molecule has 2 heterocycles. The highest BCUT2D eigenvalue weighted by molar-refractivity contribution is 7.11. The summed E-state index contributed by atoms with van der Waals surface area (Å²) >= 11 is 7.40. The Labute approximate surface area is 90.9 Å². The minimum atomic E-state index is 0.775. The van der Waals surface area contributed by atoms with Gasteiger partial charge < -0.3 is 0 Å². The maximum Gasteiger partial charge on any atom is 0.115 e. The van der Waals surface area contributed by atoms with Crippen molar-refractivity contribution >= 4 is 35.1 Å². The van der Waals surface area contributed by atoms with E-state index in [1.807, 2.05) is 29.7 Å². The lowest BCUT2D eigenvalue weighted by Crippen LogP contribution is -1.79. The highest BCUT2D eigenvalue weighted by atomic mass is 35.5. The van der Waals surface area contributed by atoms with Gasteiger partial charge in [0, 0.05) is 16.5 Å². The third-order valence-corrected chi connectivity index (χ3v) is 2.86. The molecule has 2 rings (SSSR count). The predicted octanol–water partition coefficient (Wildman–Crippen LogP) is 3.36. The van der Waals surface area contributed by atoms with Crippen LogP contribution in [0.1, 0.15) is 10.6 Å². The number of hydrogen-bond acceptors (Lipinski definition) is 3. The third-order valence-electron chi connectivity index (χ3n) is 1.61. The van der Waals surface area contributed by atoms with E-state index >= 15 is 0 Å². The molecule has 0 aliphatic heterocycles. The van der Waals surface area contributed by atoms with E-state index in [9.17, 15) is 0 Å². The van der Waals surface area contributed by atoms with Crippen LogP contribution < -0.4 is 0 Å². The molecule has 0 aromatic carbocycles. The maximum atomic E-state index is 5.79. The van der Waals surface area contributed by atoms with Crippen LogP contribution in [-0.2, 0) is 0 Å². The van der Waals surface area contributed by atoms with Gasteiger partial charge in [-0.2, -0.15) is 0 Å². The van der Waals surface area contributed by atoms with Crippen LogP contribution in [0.3, 0.4) is 0 Å². The van der Waals surface area contributed by atoms with Gasteiger partial charge in [-0.1, -0.05) is 11.6 Å². The minimum Gasteiger partial charge on any atom is -0.245 e. The molecule has 0 fully saturated rings. The highest BCUT2D eigenvalue weighted by Crippen LogP contribution is 2.20.